The zero-order chi connectivity index (χ0) is 15.9. The van der Waals surface area contributed by atoms with Crippen molar-refractivity contribution < 1.29 is 10.8 Å². The van der Waals surface area contributed by atoms with Crippen molar-refractivity contribution in [3.8, 4) is 11.6 Å². The lowest BCUT2D eigenvalue weighted by molar-refractivity contribution is 0.245. The molecule has 3 rings (SSSR count). The van der Waals surface area contributed by atoms with Crippen LogP contribution in [0.5, 0.6) is 11.6 Å². The van der Waals surface area contributed by atoms with Gasteiger partial charge in [0.1, 0.15) is 19.5 Å². The minimum atomic E-state index is 0.0130. The molecule has 0 radical (unpaired) electrons. The van der Waals surface area contributed by atoms with Gasteiger partial charge in [0, 0.05) is 0 Å². The molecule has 0 fully saturated rings. The van der Waals surface area contributed by atoms with Crippen molar-refractivity contribution in [3.05, 3.63) is 84.3 Å². The van der Waals surface area contributed by atoms with Crippen molar-refractivity contribution in [2.75, 3.05) is 0 Å². The molecule has 2 aromatic carbocycles. The summed E-state index contributed by atoms with van der Waals surface area (Å²) in [5.41, 5.74) is 2.02. The van der Waals surface area contributed by atoms with E-state index in [0.717, 1.165) is 11.1 Å². The predicted octanol–water partition coefficient (Wildman–Crippen LogP) is 3.63. The van der Waals surface area contributed by atoms with E-state index in [0.29, 0.717) is 13.2 Å². The normalized spacial score (nSPS) is 10.8. The molecule has 4 heteroatoms. The first kappa shape index (κ1) is 12.8. The van der Waals surface area contributed by atoms with Crippen molar-refractivity contribution in [2.45, 2.75) is 13.2 Å². The SMILES string of the molecule is [2H]c1ncnc(OCc2ccccc2)c1OCc1ccccc1. The second-order valence-electron chi connectivity index (χ2n) is 4.67. The first-order valence-electron chi connectivity index (χ1n) is 7.48. The van der Waals surface area contributed by atoms with Gasteiger partial charge in [-0.15, -0.1) is 0 Å². The molecule has 0 aliphatic rings. The van der Waals surface area contributed by atoms with Crippen LogP contribution in [0, 0.1) is 0 Å². The zero-order valence-electron chi connectivity index (χ0n) is 13.0. The van der Waals surface area contributed by atoms with Crippen LogP contribution in [0.15, 0.2) is 73.2 Å². The van der Waals surface area contributed by atoms with Crippen molar-refractivity contribution >= 4 is 0 Å². The van der Waals surface area contributed by atoms with Crippen molar-refractivity contribution in [2.24, 2.45) is 0 Å². The van der Waals surface area contributed by atoms with Gasteiger partial charge in [0.25, 0.3) is 5.88 Å². The first-order valence-corrected chi connectivity index (χ1v) is 6.98. The summed E-state index contributed by atoms with van der Waals surface area (Å²) in [6.45, 7) is 0.695. The van der Waals surface area contributed by atoms with Gasteiger partial charge in [-0.05, 0) is 11.1 Å². The summed E-state index contributed by atoms with van der Waals surface area (Å²) >= 11 is 0. The Labute approximate surface area is 130 Å². The molecule has 0 atom stereocenters. The molecule has 0 aliphatic heterocycles. The van der Waals surface area contributed by atoms with Crippen LogP contribution in [-0.4, -0.2) is 9.97 Å². The van der Waals surface area contributed by atoms with Gasteiger partial charge < -0.3 is 9.47 Å². The van der Waals surface area contributed by atoms with Crippen LogP contribution < -0.4 is 9.47 Å². The summed E-state index contributed by atoms with van der Waals surface area (Å²) < 4.78 is 19.3. The maximum absolute atomic E-state index is 7.90. The van der Waals surface area contributed by atoms with E-state index in [4.69, 9.17) is 10.8 Å². The van der Waals surface area contributed by atoms with Gasteiger partial charge in [0.15, 0.2) is 5.75 Å². The average molecular weight is 293 g/mol. The molecule has 0 aliphatic carbocycles. The van der Waals surface area contributed by atoms with Crippen LogP contribution in [0.1, 0.15) is 12.5 Å². The lowest BCUT2D eigenvalue weighted by atomic mass is 10.2. The standard InChI is InChI=1S/C18H16N2O2/c1-3-7-15(8-4-1)12-21-17-11-19-14-20-18(17)22-13-16-9-5-2-6-10-16/h1-11,14H,12-13H2/i11D. The summed E-state index contributed by atoms with van der Waals surface area (Å²) in [6.07, 6.45) is 1.32. The van der Waals surface area contributed by atoms with Gasteiger partial charge in [0.05, 0.1) is 7.54 Å². The number of rotatable bonds is 6. The molecule has 22 heavy (non-hydrogen) atoms. The van der Waals surface area contributed by atoms with Crippen LogP contribution in [0.2, 0.25) is 0 Å². The molecule has 0 saturated carbocycles. The van der Waals surface area contributed by atoms with E-state index < -0.39 is 0 Å². The number of hydrogen-bond acceptors (Lipinski definition) is 4. The predicted molar refractivity (Wildman–Crippen MR) is 83.6 cm³/mol. The molecule has 1 aromatic heterocycles. The number of ether oxygens (including phenoxy) is 2. The van der Waals surface area contributed by atoms with Crippen molar-refractivity contribution in [1.82, 2.24) is 9.97 Å². The third kappa shape index (κ3) is 3.82. The van der Waals surface area contributed by atoms with E-state index in [1.165, 1.54) is 6.33 Å². The highest BCUT2D eigenvalue weighted by atomic mass is 16.5. The summed E-state index contributed by atoms with van der Waals surface area (Å²) in [4.78, 5) is 7.95. The fourth-order valence-electron chi connectivity index (χ4n) is 1.93. The monoisotopic (exact) mass is 293 g/mol. The summed E-state index contributed by atoms with van der Waals surface area (Å²) in [7, 11) is 0. The van der Waals surface area contributed by atoms with E-state index in [9.17, 15) is 0 Å². The largest absolute Gasteiger partial charge is 0.482 e. The molecule has 0 N–H and O–H groups in total. The highest BCUT2D eigenvalue weighted by Crippen LogP contribution is 2.24. The number of nitrogens with zero attached hydrogens (tertiary/aromatic N) is 2. The van der Waals surface area contributed by atoms with E-state index in [1.807, 2.05) is 60.7 Å². The Kier molecular flexibility index (Phi) is 4.21. The molecule has 0 spiro atoms. The Balaban J connectivity index is 1.71. The van der Waals surface area contributed by atoms with Gasteiger partial charge in [-0.25, -0.2) is 4.98 Å². The molecule has 0 bridgehead atoms. The van der Waals surface area contributed by atoms with E-state index >= 15 is 0 Å². The van der Waals surface area contributed by atoms with Crippen molar-refractivity contribution in [3.63, 3.8) is 0 Å². The molecular formula is C18H16N2O2. The van der Waals surface area contributed by atoms with Gasteiger partial charge in [-0.3, -0.25) is 0 Å². The fraction of sp³-hybridized carbons (Fsp3) is 0.111. The lowest BCUT2D eigenvalue weighted by Gasteiger charge is -2.11. The van der Waals surface area contributed by atoms with Gasteiger partial charge in [0.2, 0.25) is 0 Å². The number of benzene rings is 2. The summed E-state index contributed by atoms with van der Waals surface area (Å²) in [5.74, 6) is 0.539. The molecule has 4 nitrogen and oxygen atoms in total. The van der Waals surface area contributed by atoms with E-state index in [-0.39, 0.29) is 17.8 Å². The van der Waals surface area contributed by atoms with E-state index in [2.05, 4.69) is 9.97 Å². The summed E-state index contributed by atoms with van der Waals surface area (Å²) in [6, 6.07) is 19.5. The molecular weight excluding hydrogens is 276 g/mol. The third-order valence-electron chi connectivity index (χ3n) is 3.04. The minimum Gasteiger partial charge on any atom is -0.482 e. The Morgan fingerprint density at radius 1 is 0.818 bits per heavy atom. The quantitative estimate of drug-likeness (QED) is 0.696. The van der Waals surface area contributed by atoms with Crippen molar-refractivity contribution in [1.29, 1.82) is 0 Å². The maximum Gasteiger partial charge on any atom is 0.260 e. The number of aromatic nitrogens is 2. The smallest absolute Gasteiger partial charge is 0.260 e. The summed E-state index contributed by atoms with van der Waals surface area (Å²) in [5, 5.41) is 0. The molecule has 110 valence electrons. The van der Waals surface area contributed by atoms with Crippen LogP contribution in [0.3, 0.4) is 0 Å². The lowest BCUT2D eigenvalue weighted by Crippen LogP contribution is -2.02. The zero-order valence-corrected chi connectivity index (χ0v) is 12.0. The van der Waals surface area contributed by atoms with Crippen LogP contribution in [0.4, 0.5) is 0 Å². The Bertz CT molecular complexity index is 751. The first-order chi connectivity index (χ1) is 11.3. The second-order valence-corrected chi connectivity index (χ2v) is 4.67. The Hall–Kier alpha value is -2.88. The average Bonchev–Trinajstić information content (AvgIpc) is 2.61. The minimum absolute atomic E-state index is 0.0130. The van der Waals surface area contributed by atoms with Gasteiger partial charge in [-0.2, -0.15) is 4.98 Å². The molecule has 0 saturated heterocycles. The number of hydrogen-bond donors (Lipinski definition) is 0. The van der Waals surface area contributed by atoms with Gasteiger partial charge >= 0.3 is 0 Å². The fourth-order valence-corrected chi connectivity index (χ4v) is 1.93. The molecule has 3 aromatic rings. The second kappa shape index (κ2) is 7.22. The van der Waals surface area contributed by atoms with Crippen LogP contribution in [0.25, 0.3) is 0 Å². The van der Waals surface area contributed by atoms with Gasteiger partial charge in [-0.1, -0.05) is 60.7 Å². The van der Waals surface area contributed by atoms with E-state index in [1.54, 1.807) is 0 Å². The maximum atomic E-state index is 7.90. The highest BCUT2D eigenvalue weighted by molar-refractivity contribution is 5.30. The molecule has 1 heterocycles. The van der Waals surface area contributed by atoms with Crippen LogP contribution in [-0.2, 0) is 13.2 Å². The Morgan fingerprint density at radius 2 is 1.41 bits per heavy atom. The highest BCUT2D eigenvalue weighted by Gasteiger charge is 2.07. The van der Waals surface area contributed by atoms with Crippen LogP contribution >= 0.6 is 0 Å². The molecule has 0 unspecified atom stereocenters. The topological polar surface area (TPSA) is 44.2 Å². The Morgan fingerprint density at radius 3 is 2.05 bits per heavy atom. The molecule has 0 amide bonds. The third-order valence-corrected chi connectivity index (χ3v) is 3.04.